The molecule has 2 atom stereocenters. The first kappa shape index (κ1) is 22.2. The predicted molar refractivity (Wildman–Crippen MR) is 109 cm³/mol. The van der Waals surface area contributed by atoms with Crippen molar-refractivity contribution in [1.82, 2.24) is 10.0 Å². The van der Waals surface area contributed by atoms with E-state index in [9.17, 15) is 13.2 Å². The first-order valence-corrected chi connectivity index (χ1v) is 11.2. The summed E-state index contributed by atoms with van der Waals surface area (Å²) < 4.78 is 38.2. The monoisotopic (exact) mass is 426 g/mol. The van der Waals surface area contributed by atoms with Crippen molar-refractivity contribution in [1.29, 1.82) is 0 Å². The maximum atomic E-state index is 12.5. The predicted octanol–water partition coefficient (Wildman–Crippen LogP) is 3.09. The highest BCUT2D eigenvalue weighted by Gasteiger charge is 2.24. The molecular weight excluding hydrogens is 400 g/mol. The van der Waals surface area contributed by atoms with Crippen molar-refractivity contribution in [2.45, 2.75) is 50.1 Å². The molecule has 1 heterocycles. The average molecular weight is 427 g/mol. The fraction of sp³-hybridized carbons (Fsp3) is 0.421. The zero-order valence-electron chi connectivity index (χ0n) is 16.6. The number of rotatable bonds is 9. The molecule has 0 saturated heterocycles. The van der Waals surface area contributed by atoms with Gasteiger partial charge in [0.15, 0.2) is 11.5 Å². The van der Waals surface area contributed by atoms with Crippen LogP contribution in [0.3, 0.4) is 0 Å². The molecule has 2 N–H and O–H groups in total. The Morgan fingerprint density at radius 1 is 1.11 bits per heavy atom. The first-order valence-electron chi connectivity index (χ1n) is 8.85. The van der Waals surface area contributed by atoms with Crippen molar-refractivity contribution in [3.63, 3.8) is 0 Å². The lowest BCUT2D eigenvalue weighted by Crippen LogP contribution is -2.45. The van der Waals surface area contributed by atoms with Gasteiger partial charge in [0.25, 0.3) is 10.0 Å². The van der Waals surface area contributed by atoms with Gasteiger partial charge in [-0.1, -0.05) is 12.1 Å². The third-order valence-electron chi connectivity index (χ3n) is 3.89. The Morgan fingerprint density at radius 2 is 1.82 bits per heavy atom. The van der Waals surface area contributed by atoms with E-state index in [1.807, 2.05) is 26.8 Å². The smallest absolute Gasteiger partial charge is 0.250 e. The van der Waals surface area contributed by atoms with E-state index in [4.69, 9.17) is 9.47 Å². The fourth-order valence-corrected chi connectivity index (χ4v) is 4.70. The molecule has 0 fully saturated rings. The zero-order chi connectivity index (χ0) is 20.9. The molecular formula is C19H26N2O5S2. The van der Waals surface area contributed by atoms with E-state index in [0.717, 1.165) is 16.9 Å². The molecule has 0 saturated carbocycles. The van der Waals surface area contributed by atoms with Gasteiger partial charge in [-0.2, -0.15) is 4.72 Å². The molecule has 2 aromatic rings. The molecule has 0 radical (unpaired) electrons. The Kier molecular flexibility index (Phi) is 7.45. The van der Waals surface area contributed by atoms with E-state index in [1.165, 1.54) is 13.0 Å². The van der Waals surface area contributed by atoms with Gasteiger partial charge in [-0.05, 0) is 56.8 Å². The van der Waals surface area contributed by atoms with E-state index in [0.29, 0.717) is 11.5 Å². The zero-order valence-corrected chi connectivity index (χ0v) is 18.2. The molecule has 1 aromatic carbocycles. The second-order valence-corrected chi connectivity index (χ2v) is 9.47. The van der Waals surface area contributed by atoms with Gasteiger partial charge < -0.3 is 14.8 Å². The number of thiophene rings is 1. The van der Waals surface area contributed by atoms with E-state index >= 15 is 0 Å². The average Bonchev–Trinajstić information content (AvgIpc) is 3.16. The standard InChI is InChI=1S/C19H26N2O5S2/c1-12(2)26-16-9-8-15(11-17(16)25-5)13(3)20-19(22)14(4)21-28(23,24)18-7-6-10-27-18/h6-14,21H,1-5H3,(H,20,22). The highest BCUT2D eigenvalue weighted by molar-refractivity contribution is 7.91. The van der Waals surface area contributed by atoms with Crippen LogP contribution in [-0.4, -0.2) is 33.6 Å². The van der Waals surface area contributed by atoms with Gasteiger partial charge in [-0.3, -0.25) is 4.79 Å². The topological polar surface area (TPSA) is 93.7 Å². The van der Waals surface area contributed by atoms with Crippen LogP contribution in [-0.2, 0) is 14.8 Å². The molecule has 0 bridgehead atoms. The third-order valence-corrected chi connectivity index (χ3v) is 6.83. The largest absolute Gasteiger partial charge is 0.493 e. The van der Waals surface area contributed by atoms with Crippen molar-refractivity contribution in [2.24, 2.45) is 0 Å². The summed E-state index contributed by atoms with van der Waals surface area (Å²) in [6, 6.07) is 7.30. The summed E-state index contributed by atoms with van der Waals surface area (Å²) in [5.41, 5.74) is 0.814. The van der Waals surface area contributed by atoms with Gasteiger partial charge >= 0.3 is 0 Å². The molecule has 9 heteroatoms. The summed E-state index contributed by atoms with van der Waals surface area (Å²) in [6.07, 6.45) is 0.00842. The number of methoxy groups -OCH3 is 1. The first-order chi connectivity index (χ1) is 13.1. The highest BCUT2D eigenvalue weighted by Crippen LogP contribution is 2.31. The summed E-state index contributed by atoms with van der Waals surface area (Å²) >= 11 is 1.10. The van der Waals surface area contributed by atoms with E-state index in [1.54, 1.807) is 30.7 Å². The van der Waals surface area contributed by atoms with Crippen LogP contribution in [0, 0.1) is 0 Å². The van der Waals surface area contributed by atoms with Crippen LogP contribution in [0.1, 0.15) is 39.3 Å². The van der Waals surface area contributed by atoms with Gasteiger partial charge in [-0.15, -0.1) is 11.3 Å². The number of amides is 1. The van der Waals surface area contributed by atoms with Crippen LogP contribution in [0.2, 0.25) is 0 Å². The minimum atomic E-state index is -3.72. The molecule has 154 valence electrons. The molecule has 0 aliphatic rings. The summed E-state index contributed by atoms with van der Waals surface area (Å²) in [7, 11) is -2.17. The number of benzene rings is 1. The second-order valence-electron chi connectivity index (χ2n) is 6.58. The summed E-state index contributed by atoms with van der Waals surface area (Å²) in [4.78, 5) is 12.5. The van der Waals surface area contributed by atoms with Crippen molar-refractivity contribution in [3.05, 3.63) is 41.3 Å². The number of carbonyl (C=O) groups excluding carboxylic acids is 1. The Morgan fingerprint density at radius 3 is 2.39 bits per heavy atom. The molecule has 1 amide bonds. The fourth-order valence-electron chi connectivity index (χ4n) is 2.49. The second kappa shape index (κ2) is 9.40. The minimum Gasteiger partial charge on any atom is -0.493 e. The molecule has 0 aliphatic heterocycles. The molecule has 0 spiro atoms. The van der Waals surface area contributed by atoms with Crippen LogP contribution < -0.4 is 19.5 Å². The Labute approximate surface area is 170 Å². The molecule has 28 heavy (non-hydrogen) atoms. The molecule has 0 aliphatic carbocycles. The van der Waals surface area contributed by atoms with Crippen LogP contribution in [0.5, 0.6) is 11.5 Å². The summed E-state index contributed by atoms with van der Waals surface area (Å²) in [5, 5.41) is 4.48. The SMILES string of the molecule is COc1cc(C(C)NC(=O)C(C)NS(=O)(=O)c2cccs2)ccc1OC(C)C. The lowest BCUT2D eigenvalue weighted by Gasteiger charge is -2.20. The van der Waals surface area contributed by atoms with Crippen molar-refractivity contribution in [2.75, 3.05) is 7.11 Å². The minimum absolute atomic E-state index is 0.00842. The lowest BCUT2D eigenvalue weighted by molar-refractivity contribution is -0.123. The van der Waals surface area contributed by atoms with Crippen LogP contribution in [0.25, 0.3) is 0 Å². The number of carbonyl (C=O) groups is 1. The van der Waals surface area contributed by atoms with Gasteiger partial charge in [0.1, 0.15) is 4.21 Å². The van der Waals surface area contributed by atoms with Crippen LogP contribution >= 0.6 is 11.3 Å². The molecule has 1 aromatic heterocycles. The number of hydrogen-bond acceptors (Lipinski definition) is 6. The Bertz CT molecular complexity index is 895. The van der Waals surface area contributed by atoms with Crippen LogP contribution in [0.15, 0.2) is 39.9 Å². The van der Waals surface area contributed by atoms with Gasteiger partial charge in [0, 0.05) is 0 Å². The van der Waals surface area contributed by atoms with Gasteiger partial charge in [-0.25, -0.2) is 8.42 Å². The number of hydrogen-bond donors (Lipinski definition) is 2. The van der Waals surface area contributed by atoms with E-state index in [2.05, 4.69) is 10.0 Å². The normalized spacial score (nSPS) is 13.8. The van der Waals surface area contributed by atoms with E-state index in [-0.39, 0.29) is 16.4 Å². The third kappa shape index (κ3) is 5.70. The maximum absolute atomic E-state index is 12.5. The highest BCUT2D eigenvalue weighted by atomic mass is 32.2. The van der Waals surface area contributed by atoms with E-state index < -0.39 is 22.0 Å². The van der Waals surface area contributed by atoms with Crippen LogP contribution in [0.4, 0.5) is 0 Å². The number of nitrogens with one attached hydrogen (secondary N) is 2. The van der Waals surface area contributed by atoms with Crippen molar-refractivity contribution < 1.29 is 22.7 Å². The summed E-state index contributed by atoms with van der Waals surface area (Å²) in [6.45, 7) is 7.17. The quantitative estimate of drug-likeness (QED) is 0.643. The number of ether oxygens (including phenoxy) is 2. The molecule has 2 unspecified atom stereocenters. The lowest BCUT2D eigenvalue weighted by atomic mass is 10.1. The van der Waals surface area contributed by atoms with Crippen molar-refractivity contribution >= 4 is 27.3 Å². The number of sulfonamides is 1. The van der Waals surface area contributed by atoms with Crippen molar-refractivity contribution in [3.8, 4) is 11.5 Å². The molecule has 7 nitrogen and oxygen atoms in total. The Balaban J connectivity index is 2.05. The van der Waals surface area contributed by atoms with Gasteiger partial charge in [0.2, 0.25) is 5.91 Å². The summed E-state index contributed by atoms with van der Waals surface area (Å²) in [5.74, 6) is 0.768. The Hall–Kier alpha value is -2.10. The van der Waals surface area contributed by atoms with Gasteiger partial charge in [0.05, 0.1) is 25.3 Å². The molecule has 2 rings (SSSR count). The maximum Gasteiger partial charge on any atom is 0.250 e.